The molecule has 1 aromatic rings. The Morgan fingerprint density at radius 1 is 1.59 bits per heavy atom. The van der Waals surface area contributed by atoms with E-state index in [2.05, 4.69) is 11.9 Å². The van der Waals surface area contributed by atoms with Crippen LogP contribution >= 0.6 is 11.6 Å². The molecule has 0 heterocycles. The smallest absolute Gasteiger partial charge is 0.258 e. The molecule has 17 heavy (non-hydrogen) atoms. The molecule has 1 rings (SSSR count). The molecule has 0 fully saturated rings. The largest absolute Gasteiger partial charge is 0.482 e. The molecular formula is C12H15ClN2O2. The summed E-state index contributed by atoms with van der Waals surface area (Å²) in [7, 11) is 0. The zero-order valence-electron chi connectivity index (χ0n) is 9.41. The fourth-order valence-corrected chi connectivity index (χ4v) is 1.50. The number of ether oxygens (including phenoxy) is 1. The van der Waals surface area contributed by atoms with Gasteiger partial charge in [-0.15, -0.1) is 6.58 Å². The van der Waals surface area contributed by atoms with Crippen LogP contribution in [0.25, 0.3) is 0 Å². The fraction of sp³-hybridized carbons (Fsp3) is 0.250. The first-order chi connectivity index (χ1) is 8.19. The number of para-hydroxylation sites is 1. The van der Waals surface area contributed by atoms with E-state index in [-0.39, 0.29) is 12.5 Å². The molecule has 0 atom stereocenters. The van der Waals surface area contributed by atoms with Gasteiger partial charge in [0.15, 0.2) is 6.61 Å². The highest BCUT2D eigenvalue weighted by molar-refractivity contribution is 6.32. The highest BCUT2D eigenvalue weighted by atomic mass is 35.5. The highest BCUT2D eigenvalue weighted by Gasteiger charge is 2.09. The van der Waals surface area contributed by atoms with Crippen LogP contribution in [-0.2, 0) is 11.3 Å². The molecule has 1 amide bonds. The van der Waals surface area contributed by atoms with Gasteiger partial charge in [-0.05, 0) is 6.07 Å². The molecule has 0 bridgehead atoms. The summed E-state index contributed by atoms with van der Waals surface area (Å²) >= 11 is 5.97. The second-order valence-corrected chi connectivity index (χ2v) is 3.72. The van der Waals surface area contributed by atoms with Crippen molar-refractivity contribution >= 4 is 17.5 Å². The minimum Gasteiger partial charge on any atom is -0.482 e. The maximum atomic E-state index is 11.3. The predicted octanol–water partition coefficient (Wildman–Crippen LogP) is 1.48. The van der Waals surface area contributed by atoms with E-state index < -0.39 is 0 Å². The van der Waals surface area contributed by atoms with E-state index in [1.807, 2.05) is 6.07 Å². The standard InChI is InChI=1S/C12H15ClN2O2/c1-2-6-15-11(16)8-17-12-9(7-14)4-3-5-10(12)13/h2-5H,1,6-8,14H2,(H,15,16). The van der Waals surface area contributed by atoms with Gasteiger partial charge in [-0.1, -0.05) is 29.8 Å². The van der Waals surface area contributed by atoms with Crippen LogP contribution in [0, 0.1) is 0 Å². The summed E-state index contributed by atoms with van der Waals surface area (Å²) in [6.45, 7) is 4.13. The third-order valence-corrected chi connectivity index (χ3v) is 2.36. The second kappa shape index (κ2) is 6.93. The minimum absolute atomic E-state index is 0.0927. The van der Waals surface area contributed by atoms with Gasteiger partial charge in [-0.2, -0.15) is 0 Å². The topological polar surface area (TPSA) is 64.3 Å². The molecule has 0 aliphatic carbocycles. The number of rotatable bonds is 6. The first-order valence-corrected chi connectivity index (χ1v) is 5.54. The summed E-state index contributed by atoms with van der Waals surface area (Å²) < 4.78 is 5.36. The summed E-state index contributed by atoms with van der Waals surface area (Å²) in [5, 5.41) is 3.05. The number of amides is 1. The molecule has 92 valence electrons. The number of nitrogens with two attached hydrogens (primary N) is 1. The summed E-state index contributed by atoms with van der Waals surface area (Å²) in [5.41, 5.74) is 6.33. The lowest BCUT2D eigenvalue weighted by Gasteiger charge is -2.11. The number of carbonyl (C=O) groups excluding carboxylic acids is 1. The molecule has 5 heteroatoms. The Hall–Kier alpha value is -1.52. The van der Waals surface area contributed by atoms with Crippen molar-refractivity contribution < 1.29 is 9.53 Å². The normalized spacial score (nSPS) is 9.76. The van der Waals surface area contributed by atoms with Crippen LogP contribution in [0.4, 0.5) is 0 Å². The SMILES string of the molecule is C=CCNC(=O)COc1c(Cl)cccc1CN. The molecule has 0 unspecified atom stereocenters. The summed E-state index contributed by atoms with van der Waals surface area (Å²) in [5.74, 6) is 0.234. The lowest BCUT2D eigenvalue weighted by atomic mass is 10.2. The molecule has 1 aromatic carbocycles. The van der Waals surface area contributed by atoms with Crippen molar-refractivity contribution in [2.24, 2.45) is 5.73 Å². The summed E-state index contributed by atoms with van der Waals surface area (Å²) in [4.78, 5) is 11.3. The van der Waals surface area contributed by atoms with E-state index in [0.717, 1.165) is 5.56 Å². The zero-order valence-corrected chi connectivity index (χ0v) is 10.2. The van der Waals surface area contributed by atoms with Gasteiger partial charge < -0.3 is 15.8 Å². The number of hydrogen-bond acceptors (Lipinski definition) is 3. The fourth-order valence-electron chi connectivity index (χ4n) is 1.25. The van der Waals surface area contributed by atoms with Gasteiger partial charge in [0.25, 0.3) is 5.91 Å². The molecule has 0 aliphatic heterocycles. The maximum absolute atomic E-state index is 11.3. The van der Waals surface area contributed by atoms with Crippen LogP contribution in [0.3, 0.4) is 0 Å². The Bertz CT molecular complexity index is 407. The Labute approximate surface area is 105 Å². The van der Waals surface area contributed by atoms with E-state index in [9.17, 15) is 4.79 Å². The van der Waals surface area contributed by atoms with Gasteiger partial charge in [0, 0.05) is 18.7 Å². The van der Waals surface area contributed by atoms with Crippen molar-refractivity contribution in [3.8, 4) is 5.75 Å². The van der Waals surface area contributed by atoms with Crippen molar-refractivity contribution in [2.45, 2.75) is 6.54 Å². The summed E-state index contributed by atoms with van der Waals surface area (Å²) in [6, 6.07) is 5.29. The Morgan fingerprint density at radius 2 is 2.35 bits per heavy atom. The average Bonchev–Trinajstić information content (AvgIpc) is 2.34. The van der Waals surface area contributed by atoms with Crippen molar-refractivity contribution in [3.63, 3.8) is 0 Å². The van der Waals surface area contributed by atoms with Gasteiger partial charge >= 0.3 is 0 Å². The zero-order chi connectivity index (χ0) is 12.7. The molecule has 0 aliphatic rings. The van der Waals surface area contributed by atoms with E-state index in [1.54, 1.807) is 18.2 Å². The van der Waals surface area contributed by atoms with Gasteiger partial charge in [0.05, 0.1) is 5.02 Å². The quantitative estimate of drug-likeness (QED) is 0.756. The van der Waals surface area contributed by atoms with Crippen molar-refractivity contribution in [1.82, 2.24) is 5.32 Å². The lowest BCUT2D eigenvalue weighted by molar-refractivity contribution is -0.122. The third-order valence-electron chi connectivity index (χ3n) is 2.06. The number of carbonyl (C=O) groups is 1. The van der Waals surface area contributed by atoms with Crippen LogP contribution in [-0.4, -0.2) is 19.1 Å². The van der Waals surface area contributed by atoms with Gasteiger partial charge in [0.2, 0.25) is 0 Å². The number of benzene rings is 1. The van der Waals surface area contributed by atoms with Crippen molar-refractivity contribution in [2.75, 3.05) is 13.2 Å². The average molecular weight is 255 g/mol. The maximum Gasteiger partial charge on any atom is 0.258 e. The summed E-state index contributed by atoms with van der Waals surface area (Å²) in [6.07, 6.45) is 1.60. The Balaban J connectivity index is 2.62. The van der Waals surface area contributed by atoms with E-state index in [0.29, 0.717) is 23.9 Å². The molecular weight excluding hydrogens is 240 g/mol. The van der Waals surface area contributed by atoms with Gasteiger partial charge in [-0.3, -0.25) is 4.79 Å². The first kappa shape index (κ1) is 13.5. The van der Waals surface area contributed by atoms with Crippen molar-refractivity contribution in [3.05, 3.63) is 41.4 Å². The number of halogens is 1. The molecule has 0 spiro atoms. The number of nitrogens with one attached hydrogen (secondary N) is 1. The second-order valence-electron chi connectivity index (χ2n) is 3.31. The molecule has 3 N–H and O–H groups in total. The van der Waals surface area contributed by atoms with Gasteiger partial charge in [0.1, 0.15) is 5.75 Å². The van der Waals surface area contributed by atoms with E-state index in [4.69, 9.17) is 22.1 Å². The van der Waals surface area contributed by atoms with E-state index in [1.165, 1.54) is 0 Å². The molecule has 0 aromatic heterocycles. The third kappa shape index (κ3) is 4.09. The van der Waals surface area contributed by atoms with Crippen LogP contribution < -0.4 is 15.8 Å². The molecule has 0 radical (unpaired) electrons. The highest BCUT2D eigenvalue weighted by Crippen LogP contribution is 2.28. The molecule has 0 saturated heterocycles. The van der Waals surface area contributed by atoms with Crippen LogP contribution in [0.15, 0.2) is 30.9 Å². The van der Waals surface area contributed by atoms with Gasteiger partial charge in [-0.25, -0.2) is 0 Å². The monoisotopic (exact) mass is 254 g/mol. The Morgan fingerprint density at radius 3 is 3.00 bits per heavy atom. The van der Waals surface area contributed by atoms with Crippen LogP contribution in [0.1, 0.15) is 5.56 Å². The minimum atomic E-state index is -0.229. The lowest BCUT2D eigenvalue weighted by Crippen LogP contribution is -2.29. The Kier molecular flexibility index (Phi) is 5.52. The van der Waals surface area contributed by atoms with Crippen LogP contribution in [0.2, 0.25) is 5.02 Å². The van der Waals surface area contributed by atoms with E-state index >= 15 is 0 Å². The number of hydrogen-bond donors (Lipinski definition) is 2. The molecule has 4 nitrogen and oxygen atoms in total. The molecule has 0 saturated carbocycles. The first-order valence-electron chi connectivity index (χ1n) is 5.17. The van der Waals surface area contributed by atoms with Crippen molar-refractivity contribution in [1.29, 1.82) is 0 Å². The predicted molar refractivity (Wildman–Crippen MR) is 68.0 cm³/mol. The van der Waals surface area contributed by atoms with Crippen LogP contribution in [0.5, 0.6) is 5.75 Å².